The molecule has 0 amide bonds. The summed E-state index contributed by atoms with van der Waals surface area (Å²) in [6, 6.07) is 2.14. The predicted molar refractivity (Wildman–Crippen MR) is 111 cm³/mol. The normalized spacial score (nSPS) is 21.3. The molecule has 1 saturated carbocycles. The lowest BCUT2D eigenvalue weighted by Gasteiger charge is -2.29. The van der Waals surface area contributed by atoms with Gasteiger partial charge in [-0.25, -0.2) is 4.98 Å². The lowest BCUT2D eigenvalue weighted by atomic mass is 9.85. The van der Waals surface area contributed by atoms with E-state index in [2.05, 4.69) is 30.2 Å². The Morgan fingerprint density at radius 2 is 1.89 bits per heavy atom. The van der Waals surface area contributed by atoms with Crippen molar-refractivity contribution < 1.29 is 40.6 Å². The van der Waals surface area contributed by atoms with Gasteiger partial charge in [0.15, 0.2) is 5.65 Å². The molecule has 3 aromatic heterocycles. The van der Waals surface area contributed by atoms with Crippen molar-refractivity contribution in [1.29, 1.82) is 0 Å². The molecule has 2 atom stereocenters. The maximum Gasteiger partial charge on any atom is 0.573 e. The van der Waals surface area contributed by atoms with Crippen LogP contribution in [0.25, 0.3) is 5.65 Å². The number of anilines is 1. The number of ether oxygens (including phenoxy) is 3. The van der Waals surface area contributed by atoms with Crippen LogP contribution < -0.4 is 14.8 Å². The fraction of sp³-hybridized carbons (Fsp3) is 0.524. The highest BCUT2D eigenvalue weighted by Gasteiger charge is 2.38. The monoisotopic (exact) mass is 518 g/mol. The molecule has 0 spiro atoms. The molecule has 1 N–H and O–H groups in total. The van der Waals surface area contributed by atoms with Gasteiger partial charge in [-0.05, 0) is 25.3 Å². The van der Waals surface area contributed by atoms with Crippen LogP contribution in [0.3, 0.4) is 0 Å². The van der Waals surface area contributed by atoms with Gasteiger partial charge in [0.1, 0.15) is 23.2 Å². The first-order valence-corrected chi connectivity index (χ1v) is 11.1. The highest BCUT2D eigenvalue weighted by Crippen LogP contribution is 2.37. The van der Waals surface area contributed by atoms with Crippen LogP contribution in [0, 0.1) is 0 Å². The van der Waals surface area contributed by atoms with E-state index in [0.717, 1.165) is 18.9 Å². The molecule has 9 nitrogen and oxygen atoms in total. The van der Waals surface area contributed by atoms with Crippen molar-refractivity contribution in [2.75, 3.05) is 18.5 Å². The molecule has 0 radical (unpaired) electrons. The maximum absolute atomic E-state index is 13.4. The number of halogens is 6. The van der Waals surface area contributed by atoms with E-state index in [9.17, 15) is 26.3 Å². The zero-order valence-corrected chi connectivity index (χ0v) is 18.5. The Kier molecular flexibility index (Phi) is 6.26. The van der Waals surface area contributed by atoms with Crippen molar-refractivity contribution in [3.63, 3.8) is 0 Å². The van der Waals surface area contributed by atoms with E-state index >= 15 is 0 Å². The molecule has 194 valence electrons. The molecule has 2 fully saturated rings. The lowest BCUT2D eigenvalue weighted by Crippen LogP contribution is -2.39. The molecule has 2 aliphatic rings. The van der Waals surface area contributed by atoms with Crippen molar-refractivity contribution >= 4 is 11.6 Å². The number of hydrogen-bond acceptors (Lipinski definition) is 8. The number of pyridine rings is 1. The summed E-state index contributed by atoms with van der Waals surface area (Å²) in [4.78, 5) is 7.81. The van der Waals surface area contributed by atoms with E-state index in [1.165, 1.54) is 12.3 Å². The highest BCUT2D eigenvalue weighted by atomic mass is 19.4. The fourth-order valence-corrected chi connectivity index (χ4v) is 4.26. The Balaban J connectivity index is 1.31. The number of aromatic nitrogens is 5. The average Bonchev–Trinajstić information content (AvgIpc) is 3.18. The van der Waals surface area contributed by atoms with Gasteiger partial charge in [-0.1, -0.05) is 6.42 Å². The molecule has 3 aromatic rings. The molecular weight excluding hydrogens is 498 g/mol. The van der Waals surface area contributed by atoms with Gasteiger partial charge in [0.2, 0.25) is 11.8 Å². The molecule has 15 heteroatoms. The van der Waals surface area contributed by atoms with Crippen molar-refractivity contribution in [2.45, 2.75) is 56.3 Å². The summed E-state index contributed by atoms with van der Waals surface area (Å²) in [6.07, 6.45) is -5.11. The maximum atomic E-state index is 13.4. The minimum atomic E-state index is -4.82. The zero-order chi connectivity index (χ0) is 25.5. The minimum Gasteiger partial charge on any atom is -0.469 e. The van der Waals surface area contributed by atoms with E-state index < -0.39 is 35.8 Å². The Bertz CT molecular complexity index is 1230. The van der Waals surface area contributed by atoms with Gasteiger partial charge in [-0.3, -0.25) is 4.40 Å². The topological polar surface area (TPSA) is 95.7 Å². The molecule has 4 heterocycles. The van der Waals surface area contributed by atoms with Crippen LogP contribution >= 0.6 is 0 Å². The number of nitrogens with zero attached hydrogens (tertiary/aromatic N) is 5. The van der Waals surface area contributed by atoms with Gasteiger partial charge in [-0.15, -0.1) is 23.4 Å². The standard InChI is InChI=1S/C21H20F6N6O3/c22-20(23,24)15-8-28-19(30-18(15)35-14-9-34-10-14)29-12-3-1-2-11(6-12)17-32-31-16-7-13(4-5-33(16)17)36-21(25,26)27/h4-5,7-8,11-12,14H,1-3,6,9-10H2,(H,28,29,30)/t11-,12+/m0/s1. The third kappa shape index (κ3) is 5.39. The van der Waals surface area contributed by atoms with Crippen molar-refractivity contribution in [1.82, 2.24) is 24.6 Å². The molecule has 36 heavy (non-hydrogen) atoms. The van der Waals surface area contributed by atoms with Crippen molar-refractivity contribution in [2.24, 2.45) is 0 Å². The molecule has 1 saturated heterocycles. The second-order valence-corrected chi connectivity index (χ2v) is 8.59. The van der Waals surface area contributed by atoms with E-state index in [0.29, 0.717) is 24.9 Å². The fourth-order valence-electron chi connectivity index (χ4n) is 4.26. The number of hydrogen-bond donors (Lipinski definition) is 1. The molecule has 0 aromatic carbocycles. The summed E-state index contributed by atoms with van der Waals surface area (Å²) < 4.78 is 93.4. The third-order valence-corrected chi connectivity index (χ3v) is 5.96. The largest absolute Gasteiger partial charge is 0.573 e. The van der Waals surface area contributed by atoms with Crippen LogP contribution in [0.4, 0.5) is 32.3 Å². The Hall–Kier alpha value is -3.36. The Labute approximate surface area is 199 Å². The van der Waals surface area contributed by atoms with Gasteiger partial charge < -0.3 is 19.5 Å². The second kappa shape index (κ2) is 9.26. The Morgan fingerprint density at radius 1 is 1.08 bits per heavy atom. The van der Waals surface area contributed by atoms with Crippen molar-refractivity contribution in [3.8, 4) is 11.6 Å². The highest BCUT2D eigenvalue weighted by molar-refractivity contribution is 5.44. The number of nitrogens with one attached hydrogen (secondary N) is 1. The molecule has 1 aliphatic carbocycles. The number of rotatable bonds is 6. The van der Waals surface area contributed by atoms with Crippen LogP contribution in [0.15, 0.2) is 24.5 Å². The van der Waals surface area contributed by atoms with Crippen LogP contribution in [-0.2, 0) is 10.9 Å². The van der Waals surface area contributed by atoms with E-state index in [4.69, 9.17) is 9.47 Å². The quantitative estimate of drug-likeness (QED) is 0.482. The van der Waals surface area contributed by atoms with Gasteiger partial charge in [0.05, 0.1) is 13.2 Å². The lowest BCUT2D eigenvalue weighted by molar-refractivity contribution is -0.274. The van der Waals surface area contributed by atoms with Gasteiger partial charge >= 0.3 is 12.5 Å². The first kappa shape index (κ1) is 24.3. The number of fused-ring (bicyclic) bond motifs is 1. The van der Waals surface area contributed by atoms with Crippen LogP contribution in [0.2, 0.25) is 0 Å². The molecular formula is C21H20F6N6O3. The summed E-state index contributed by atoms with van der Waals surface area (Å²) in [6.45, 7) is 0.370. The summed E-state index contributed by atoms with van der Waals surface area (Å²) in [7, 11) is 0. The van der Waals surface area contributed by atoms with Crippen LogP contribution in [0.1, 0.15) is 43.0 Å². The summed E-state index contributed by atoms with van der Waals surface area (Å²) in [5, 5.41) is 11.2. The van der Waals surface area contributed by atoms with Crippen LogP contribution in [-0.4, -0.2) is 56.3 Å². The van der Waals surface area contributed by atoms with E-state index in [1.807, 2.05) is 0 Å². The number of alkyl halides is 6. The molecule has 5 rings (SSSR count). The smallest absolute Gasteiger partial charge is 0.469 e. The predicted octanol–water partition coefficient (Wildman–Crippen LogP) is 4.35. The summed E-state index contributed by atoms with van der Waals surface area (Å²) in [5.41, 5.74) is -0.861. The van der Waals surface area contributed by atoms with Gasteiger partial charge in [0.25, 0.3) is 0 Å². The first-order valence-electron chi connectivity index (χ1n) is 11.1. The molecule has 1 aliphatic heterocycles. The van der Waals surface area contributed by atoms with Crippen LogP contribution in [0.5, 0.6) is 11.6 Å². The minimum absolute atomic E-state index is 0.00364. The van der Waals surface area contributed by atoms with Crippen molar-refractivity contribution in [3.05, 3.63) is 35.9 Å². The summed E-state index contributed by atoms with van der Waals surface area (Å²) >= 11 is 0. The zero-order valence-electron chi connectivity index (χ0n) is 18.5. The second-order valence-electron chi connectivity index (χ2n) is 8.59. The molecule has 0 bridgehead atoms. The summed E-state index contributed by atoms with van der Waals surface area (Å²) in [5.74, 6) is -0.483. The van der Waals surface area contributed by atoms with E-state index in [1.54, 1.807) is 4.40 Å². The average molecular weight is 518 g/mol. The Morgan fingerprint density at radius 3 is 2.58 bits per heavy atom. The van der Waals surface area contributed by atoms with Gasteiger partial charge in [-0.2, -0.15) is 18.2 Å². The SMILES string of the molecule is FC(F)(F)Oc1ccn2c([C@H]3CCC[C@@H](Nc4ncc(C(F)(F)F)c(OC5COC5)n4)C3)nnc2c1. The van der Waals surface area contributed by atoms with E-state index in [-0.39, 0.29) is 36.8 Å². The molecule has 0 unspecified atom stereocenters. The first-order chi connectivity index (χ1) is 17.0. The van der Waals surface area contributed by atoms with Gasteiger partial charge in [0, 0.05) is 30.4 Å². The third-order valence-electron chi connectivity index (χ3n) is 5.96.